The van der Waals surface area contributed by atoms with Crippen LogP contribution in [-0.4, -0.2) is 25.4 Å². The largest absolute Gasteiger partial charge is 0.478 e. The number of hydrogen-bond donors (Lipinski definition) is 1. The first kappa shape index (κ1) is 22.3. The number of para-hydroxylation sites is 1. The van der Waals surface area contributed by atoms with E-state index in [1.165, 1.54) is 4.68 Å². The van der Waals surface area contributed by atoms with E-state index in [4.69, 9.17) is 0 Å². The second kappa shape index (κ2) is 9.69. The summed E-state index contributed by atoms with van der Waals surface area (Å²) in [6.45, 7) is 4.72. The van der Waals surface area contributed by atoms with Gasteiger partial charge in [0, 0.05) is 6.42 Å². The summed E-state index contributed by atoms with van der Waals surface area (Å²) in [5, 5.41) is 14.1. The topological polar surface area (TPSA) is 77.1 Å². The molecule has 1 heterocycles. The molecular formula is C27H27N3O3. The molecule has 0 unspecified atom stereocenters. The van der Waals surface area contributed by atoms with E-state index in [1.807, 2.05) is 60.7 Å². The molecule has 0 atom stereocenters. The average Bonchev–Trinajstić information content (AvgIpc) is 3.14. The minimum absolute atomic E-state index is 0.166. The molecule has 0 bridgehead atoms. The Labute approximate surface area is 192 Å². The van der Waals surface area contributed by atoms with Gasteiger partial charge in [0.1, 0.15) is 5.82 Å². The predicted octanol–water partition coefficient (Wildman–Crippen LogP) is 5.04. The fourth-order valence-corrected chi connectivity index (χ4v) is 3.83. The van der Waals surface area contributed by atoms with Crippen LogP contribution in [0.4, 0.5) is 0 Å². The van der Waals surface area contributed by atoms with Crippen LogP contribution in [0.5, 0.6) is 0 Å². The van der Waals surface area contributed by atoms with Crippen LogP contribution in [0.3, 0.4) is 0 Å². The summed E-state index contributed by atoms with van der Waals surface area (Å²) in [5.74, 6) is 0.311. The lowest BCUT2D eigenvalue weighted by molar-refractivity contribution is 0.0697. The van der Waals surface area contributed by atoms with Crippen LogP contribution >= 0.6 is 0 Å². The number of benzene rings is 3. The second-order valence-electron chi connectivity index (χ2n) is 8.51. The van der Waals surface area contributed by atoms with E-state index in [9.17, 15) is 14.7 Å². The lowest BCUT2D eigenvalue weighted by Gasteiger charge is -2.09. The molecule has 6 nitrogen and oxygen atoms in total. The fraction of sp³-hybridized carbons (Fsp3) is 0.222. The van der Waals surface area contributed by atoms with Gasteiger partial charge in [0.05, 0.1) is 17.8 Å². The molecule has 4 aromatic rings. The molecule has 3 aromatic carbocycles. The van der Waals surface area contributed by atoms with Crippen molar-refractivity contribution in [2.24, 2.45) is 5.92 Å². The lowest BCUT2D eigenvalue weighted by Crippen LogP contribution is -2.25. The summed E-state index contributed by atoms with van der Waals surface area (Å²) in [6.07, 6.45) is 1.66. The maximum absolute atomic E-state index is 13.2. The van der Waals surface area contributed by atoms with Gasteiger partial charge in [-0.05, 0) is 47.2 Å². The normalized spacial score (nSPS) is 11.1. The van der Waals surface area contributed by atoms with E-state index in [0.717, 1.165) is 35.5 Å². The first-order valence-electron chi connectivity index (χ1n) is 11.1. The minimum Gasteiger partial charge on any atom is -0.478 e. The highest BCUT2D eigenvalue weighted by Crippen LogP contribution is 2.24. The maximum Gasteiger partial charge on any atom is 0.351 e. The van der Waals surface area contributed by atoms with Gasteiger partial charge in [-0.3, -0.25) is 4.57 Å². The smallest absolute Gasteiger partial charge is 0.351 e. The van der Waals surface area contributed by atoms with Crippen molar-refractivity contribution < 1.29 is 9.90 Å². The number of aryl methyl sites for hydroxylation is 1. The van der Waals surface area contributed by atoms with Gasteiger partial charge in [-0.25, -0.2) is 9.59 Å². The first-order chi connectivity index (χ1) is 15.9. The van der Waals surface area contributed by atoms with Gasteiger partial charge < -0.3 is 5.11 Å². The van der Waals surface area contributed by atoms with Crippen molar-refractivity contribution in [2.45, 2.75) is 33.2 Å². The van der Waals surface area contributed by atoms with E-state index in [1.54, 1.807) is 22.8 Å². The quantitative estimate of drug-likeness (QED) is 0.416. The monoisotopic (exact) mass is 441 g/mol. The standard InChI is InChI=1S/C27H27N3O3/c1-19(2)12-17-25-28-30(22-8-4-3-5-9-22)27(33)29(25)18-20-13-15-21(16-14-20)23-10-6-7-11-24(23)26(31)32/h3-11,13-16,19H,12,17-18H2,1-2H3,(H,31,32). The van der Waals surface area contributed by atoms with Crippen molar-refractivity contribution in [3.05, 3.63) is 106 Å². The van der Waals surface area contributed by atoms with Crippen molar-refractivity contribution in [2.75, 3.05) is 0 Å². The molecule has 4 rings (SSSR count). The predicted molar refractivity (Wildman–Crippen MR) is 129 cm³/mol. The molecule has 33 heavy (non-hydrogen) atoms. The number of carboxylic acids is 1. The molecule has 0 fully saturated rings. The zero-order chi connectivity index (χ0) is 23.4. The molecule has 168 valence electrons. The molecular weight excluding hydrogens is 414 g/mol. The average molecular weight is 442 g/mol. The summed E-state index contributed by atoms with van der Waals surface area (Å²) in [7, 11) is 0. The summed E-state index contributed by atoms with van der Waals surface area (Å²) >= 11 is 0. The number of carbonyl (C=O) groups is 1. The SMILES string of the molecule is CC(C)CCc1nn(-c2ccccc2)c(=O)n1Cc1ccc(-c2ccccc2C(=O)O)cc1. The van der Waals surface area contributed by atoms with Crippen molar-refractivity contribution in [1.82, 2.24) is 14.3 Å². The third-order valence-corrected chi connectivity index (χ3v) is 5.65. The van der Waals surface area contributed by atoms with Crippen LogP contribution in [0.15, 0.2) is 83.7 Å². The van der Waals surface area contributed by atoms with Crippen LogP contribution in [0.2, 0.25) is 0 Å². The Morgan fingerprint density at radius 1 is 0.939 bits per heavy atom. The maximum atomic E-state index is 13.2. The van der Waals surface area contributed by atoms with Crippen LogP contribution in [0.1, 0.15) is 42.0 Å². The molecule has 0 aliphatic heterocycles. The Hall–Kier alpha value is -3.93. The molecule has 0 radical (unpaired) electrons. The van der Waals surface area contributed by atoms with Gasteiger partial charge in [0.15, 0.2) is 0 Å². The number of aromatic carboxylic acids is 1. The third kappa shape index (κ3) is 4.95. The molecule has 0 saturated heterocycles. The summed E-state index contributed by atoms with van der Waals surface area (Å²) in [4.78, 5) is 24.8. The van der Waals surface area contributed by atoms with Crippen LogP contribution < -0.4 is 5.69 Å². The van der Waals surface area contributed by atoms with Crippen molar-refractivity contribution in [3.63, 3.8) is 0 Å². The van der Waals surface area contributed by atoms with Gasteiger partial charge in [-0.2, -0.15) is 4.68 Å². The Kier molecular flexibility index (Phi) is 6.54. The molecule has 6 heteroatoms. The van der Waals surface area contributed by atoms with Gasteiger partial charge in [-0.1, -0.05) is 74.5 Å². The van der Waals surface area contributed by atoms with Crippen molar-refractivity contribution >= 4 is 5.97 Å². The molecule has 1 N–H and O–H groups in total. The van der Waals surface area contributed by atoms with Crippen LogP contribution in [0.25, 0.3) is 16.8 Å². The van der Waals surface area contributed by atoms with Crippen LogP contribution in [-0.2, 0) is 13.0 Å². The molecule has 0 amide bonds. The Bertz CT molecular complexity index is 1300. The number of nitrogens with zero attached hydrogens (tertiary/aromatic N) is 3. The van der Waals surface area contributed by atoms with E-state index >= 15 is 0 Å². The molecule has 1 aromatic heterocycles. The molecule has 0 spiro atoms. The first-order valence-corrected chi connectivity index (χ1v) is 11.1. The third-order valence-electron chi connectivity index (χ3n) is 5.65. The summed E-state index contributed by atoms with van der Waals surface area (Å²) in [5.41, 5.74) is 3.29. The zero-order valence-electron chi connectivity index (χ0n) is 18.8. The Morgan fingerprint density at radius 2 is 1.61 bits per heavy atom. The number of hydrogen-bond acceptors (Lipinski definition) is 3. The van der Waals surface area contributed by atoms with E-state index in [0.29, 0.717) is 18.0 Å². The lowest BCUT2D eigenvalue weighted by atomic mass is 9.99. The van der Waals surface area contributed by atoms with E-state index < -0.39 is 5.97 Å². The Balaban J connectivity index is 1.66. The molecule has 0 aliphatic carbocycles. The number of rotatable bonds is 8. The highest BCUT2D eigenvalue weighted by Gasteiger charge is 2.16. The van der Waals surface area contributed by atoms with Crippen molar-refractivity contribution in [1.29, 1.82) is 0 Å². The minimum atomic E-state index is -0.954. The van der Waals surface area contributed by atoms with Gasteiger partial charge in [-0.15, -0.1) is 5.10 Å². The Morgan fingerprint density at radius 3 is 2.27 bits per heavy atom. The van der Waals surface area contributed by atoms with Crippen molar-refractivity contribution in [3.8, 4) is 16.8 Å². The highest BCUT2D eigenvalue weighted by atomic mass is 16.4. The van der Waals surface area contributed by atoms with E-state index in [2.05, 4.69) is 18.9 Å². The second-order valence-corrected chi connectivity index (χ2v) is 8.51. The fourth-order valence-electron chi connectivity index (χ4n) is 3.83. The zero-order valence-corrected chi connectivity index (χ0v) is 18.8. The van der Waals surface area contributed by atoms with Gasteiger partial charge >= 0.3 is 11.7 Å². The van der Waals surface area contributed by atoms with Gasteiger partial charge in [0.2, 0.25) is 0 Å². The highest BCUT2D eigenvalue weighted by molar-refractivity contribution is 5.95. The molecule has 0 aliphatic rings. The van der Waals surface area contributed by atoms with E-state index in [-0.39, 0.29) is 11.3 Å². The van der Waals surface area contributed by atoms with Crippen LogP contribution in [0, 0.1) is 5.92 Å². The summed E-state index contributed by atoms with van der Waals surface area (Å²) < 4.78 is 3.20. The summed E-state index contributed by atoms with van der Waals surface area (Å²) in [6, 6.07) is 24.1. The number of aromatic nitrogens is 3. The molecule has 0 saturated carbocycles. The van der Waals surface area contributed by atoms with Gasteiger partial charge in [0.25, 0.3) is 0 Å². The number of carboxylic acid groups (broad SMARTS) is 1.